The number of carbonyl (C=O) groups excluding carboxylic acids is 1. The van der Waals surface area contributed by atoms with Gasteiger partial charge in [0.2, 0.25) is 5.91 Å². The minimum Gasteiger partial charge on any atom is -0.492 e. The Hall–Kier alpha value is -1.26. The van der Waals surface area contributed by atoms with Crippen LogP contribution in [-0.2, 0) is 4.79 Å². The van der Waals surface area contributed by atoms with Crippen LogP contribution in [0.3, 0.4) is 0 Å². The van der Waals surface area contributed by atoms with E-state index in [1.165, 1.54) is 0 Å². The summed E-state index contributed by atoms with van der Waals surface area (Å²) in [5, 5.41) is 6.78. The molecule has 0 saturated carbocycles. The number of hydrogen-bond donors (Lipinski definition) is 2. The standard InChI is InChI=1S/C14H19ClN2O2/c15-11-4-6-12(7-5-11)19-10-9-17-14(18)13-3-1-2-8-16-13/h4-7,13,16H,1-3,8-10H2,(H,17,18). The summed E-state index contributed by atoms with van der Waals surface area (Å²) in [6.45, 7) is 1.90. The van der Waals surface area contributed by atoms with Crippen molar-refractivity contribution >= 4 is 17.5 Å². The van der Waals surface area contributed by atoms with Crippen LogP contribution in [0.15, 0.2) is 24.3 Å². The van der Waals surface area contributed by atoms with Gasteiger partial charge in [-0.2, -0.15) is 0 Å². The Labute approximate surface area is 118 Å². The molecule has 0 aromatic heterocycles. The fraction of sp³-hybridized carbons (Fsp3) is 0.500. The maximum absolute atomic E-state index is 11.8. The molecule has 1 fully saturated rings. The van der Waals surface area contributed by atoms with Crippen LogP contribution in [0.5, 0.6) is 5.75 Å². The third kappa shape index (κ3) is 4.73. The minimum atomic E-state index is -0.0377. The number of halogens is 1. The van der Waals surface area contributed by atoms with Crippen molar-refractivity contribution in [3.8, 4) is 5.75 Å². The van der Waals surface area contributed by atoms with Crippen LogP contribution >= 0.6 is 11.6 Å². The van der Waals surface area contributed by atoms with Gasteiger partial charge in [-0.05, 0) is 43.7 Å². The predicted octanol–water partition coefficient (Wildman–Crippen LogP) is 1.98. The fourth-order valence-corrected chi connectivity index (χ4v) is 2.20. The zero-order valence-corrected chi connectivity index (χ0v) is 11.6. The summed E-state index contributed by atoms with van der Waals surface area (Å²) in [6, 6.07) is 7.15. The largest absolute Gasteiger partial charge is 0.492 e. The maximum Gasteiger partial charge on any atom is 0.237 e. The molecule has 0 bridgehead atoms. The molecular formula is C14H19ClN2O2. The molecule has 2 N–H and O–H groups in total. The van der Waals surface area contributed by atoms with Gasteiger partial charge in [-0.15, -0.1) is 0 Å². The number of piperidine rings is 1. The summed E-state index contributed by atoms with van der Waals surface area (Å²) in [5.41, 5.74) is 0. The Kier molecular flexibility index (Phi) is 5.48. The molecule has 0 spiro atoms. The van der Waals surface area contributed by atoms with E-state index >= 15 is 0 Å². The zero-order chi connectivity index (χ0) is 13.5. The second kappa shape index (κ2) is 7.36. The van der Waals surface area contributed by atoms with E-state index in [-0.39, 0.29) is 11.9 Å². The number of hydrogen-bond acceptors (Lipinski definition) is 3. The predicted molar refractivity (Wildman–Crippen MR) is 75.6 cm³/mol. The van der Waals surface area contributed by atoms with Gasteiger partial charge >= 0.3 is 0 Å². The maximum atomic E-state index is 11.8. The molecule has 0 radical (unpaired) electrons. The number of carbonyl (C=O) groups is 1. The summed E-state index contributed by atoms with van der Waals surface area (Å²) in [6.07, 6.45) is 3.19. The smallest absolute Gasteiger partial charge is 0.237 e. The van der Waals surface area contributed by atoms with Gasteiger partial charge in [0, 0.05) is 5.02 Å². The van der Waals surface area contributed by atoms with Crippen LogP contribution in [-0.4, -0.2) is 31.6 Å². The lowest BCUT2D eigenvalue weighted by molar-refractivity contribution is -0.123. The average molecular weight is 283 g/mol. The lowest BCUT2D eigenvalue weighted by atomic mass is 10.0. The molecular weight excluding hydrogens is 264 g/mol. The summed E-state index contributed by atoms with van der Waals surface area (Å²) in [4.78, 5) is 11.8. The van der Waals surface area contributed by atoms with Gasteiger partial charge in [-0.3, -0.25) is 4.79 Å². The van der Waals surface area contributed by atoms with Crippen LogP contribution in [0.2, 0.25) is 5.02 Å². The molecule has 1 heterocycles. The van der Waals surface area contributed by atoms with E-state index in [1.54, 1.807) is 12.1 Å². The molecule has 1 aromatic carbocycles. The van der Waals surface area contributed by atoms with Crippen molar-refractivity contribution in [1.82, 2.24) is 10.6 Å². The SMILES string of the molecule is O=C(NCCOc1ccc(Cl)cc1)C1CCCCN1. The third-order valence-electron chi connectivity index (χ3n) is 3.11. The van der Waals surface area contributed by atoms with E-state index in [4.69, 9.17) is 16.3 Å². The molecule has 1 atom stereocenters. The van der Waals surface area contributed by atoms with E-state index in [0.29, 0.717) is 18.2 Å². The summed E-state index contributed by atoms with van der Waals surface area (Å²) in [5.74, 6) is 0.828. The summed E-state index contributed by atoms with van der Waals surface area (Å²) in [7, 11) is 0. The van der Waals surface area contributed by atoms with E-state index in [1.807, 2.05) is 12.1 Å². The Morgan fingerprint density at radius 3 is 2.84 bits per heavy atom. The highest BCUT2D eigenvalue weighted by molar-refractivity contribution is 6.30. The van der Waals surface area contributed by atoms with E-state index < -0.39 is 0 Å². The molecule has 2 rings (SSSR count). The van der Waals surface area contributed by atoms with E-state index in [9.17, 15) is 4.79 Å². The van der Waals surface area contributed by atoms with Crippen molar-refractivity contribution in [3.05, 3.63) is 29.3 Å². The van der Waals surface area contributed by atoms with Gasteiger partial charge in [-0.25, -0.2) is 0 Å². The first-order valence-corrected chi connectivity index (χ1v) is 7.03. The zero-order valence-electron chi connectivity index (χ0n) is 10.8. The first-order valence-electron chi connectivity index (χ1n) is 6.65. The third-order valence-corrected chi connectivity index (χ3v) is 3.36. The molecule has 1 aliphatic rings. The molecule has 4 nitrogen and oxygen atoms in total. The quantitative estimate of drug-likeness (QED) is 0.812. The van der Waals surface area contributed by atoms with Crippen molar-refractivity contribution in [2.75, 3.05) is 19.7 Å². The van der Waals surface area contributed by atoms with Crippen LogP contribution in [0, 0.1) is 0 Å². The number of rotatable bonds is 5. The van der Waals surface area contributed by atoms with Gasteiger partial charge in [0.25, 0.3) is 0 Å². The molecule has 1 unspecified atom stereocenters. The average Bonchev–Trinajstić information content (AvgIpc) is 2.46. The van der Waals surface area contributed by atoms with Gasteiger partial charge in [0.05, 0.1) is 12.6 Å². The Bertz CT molecular complexity index is 402. The number of ether oxygens (including phenoxy) is 1. The number of benzene rings is 1. The first kappa shape index (κ1) is 14.2. The van der Waals surface area contributed by atoms with Gasteiger partial charge in [-0.1, -0.05) is 18.0 Å². The molecule has 0 aliphatic carbocycles. The molecule has 1 amide bonds. The molecule has 19 heavy (non-hydrogen) atoms. The van der Waals surface area contributed by atoms with Gasteiger partial charge in [0.1, 0.15) is 12.4 Å². The molecule has 1 aromatic rings. The van der Waals surface area contributed by atoms with Crippen molar-refractivity contribution in [3.63, 3.8) is 0 Å². The normalized spacial score (nSPS) is 18.9. The van der Waals surface area contributed by atoms with Crippen LogP contribution in [0.4, 0.5) is 0 Å². The van der Waals surface area contributed by atoms with Crippen LogP contribution in [0.25, 0.3) is 0 Å². The molecule has 1 aliphatic heterocycles. The van der Waals surface area contributed by atoms with E-state index in [0.717, 1.165) is 31.6 Å². The monoisotopic (exact) mass is 282 g/mol. The van der Waals surface area contributed by atoms with Crippen molar-refractivity contribution in [2.45, 2.75) is 25.3 Å². The highest BCUT2D eigenvalue weighted by atomic mass is 35.5. The lowest BCUT2D eigenvalue weighted by Gasteiger charge is -2.22. The van der Waals surface area contributed by atoms with Crippen molar-refractivity contribution in [2.24, 2.45) is 0 Å². The number of amides is 1. The minimum absolute atomic E-state index is 0.0377. The second-order valence-electron chi connectivity index (χ2n) is 4.60. The second-order valence-corrected chi connectivity index (χ2v) is 5.03. The van der Waals surface area contributed by atoms with Gasteiger partial charge in [0.15, 0.2) is 0 Å². The molecule has 104 valence electrons. The molecule has 5 heteroatoms. The Morgan fingerprint density at radius 2 is 2.16 bits per heavy atom. The highest BCUT2D eigenvalue weighted by Crippen LogP contribution is 2.15. The Balaban J connectivity index is 1.63. The van der Waals surface area contributed by atoms with Crippen molar-refractivity contribution < 1.29 is 9.53 Å². The summed E-state index contributed by atoms with van der Waals surface area (Å²) >= 11 is 5.78. The van der Waals surface area contributed by atoms with Crippen LogP contribution in [0.1, 0.15) is 19.3 Å². The fourth-order valence-electron chi connectivity index (χ4n) is 2.07. The van der Waals surface area contributed by atoms with Gasteiger partial charge < -0.3 is 15.4 Å². The van der Waals surface area contributed by atoms with E-state index in [2.05, 4.69) is 10.6 Å². The molecule has 1 saturated heterocycles. The Morgan fingerprint density at radius 1 is 1.37 bits per heavy atom. The number of nitrogens with one attached hydrogen (secondary N) is 2. The topological polar surface area (TPSA) is 50.4 Å². The lowest BCUT2D eigenvalue weighted by Crippen LogP contribution is -2.47. The first-order chi connectivity index (χ1) is 9.25. The van der Waals surface area contributed by atoms with Crippen LogP contribution < -0.4 is 15.4 Å². The highest BCUT2D eigenvalue weighted by Gasteiger charge is 2.19. The van der Waals surface area contributed by atoms with Crippen molar-refractivity contribution in [1.29, 1.82) is 0 Å². The summed E-state index contributed by atoms with van der Waals surface area (Å²) < 4.78 is 5.50.